The summed E-state index contributed by atoms with van der Waals surface area (Å²) >= 11 is 1.73. The molecule has 1 aliphatic rings. The number of nitrogens with zero attached hydrogens (tertiary/aromatic N) is 1. The molecule has 1 aliphatic carbocycles. The molecule has 140 valence electrons. The maximum Gasteiger partial charge on any atom is 0.331 e. The van der Waals surface area contributed by atoms with Gasteiger partial charge < -0.3 is 4.84 Å². The summed E-state index contributed by atoms with van der Waals surface area (Å²) in [5.74, 6) is -0.388. The number of carbonyl (C=O) groups excluding carboxylic acids is 1. The second kappa shape index (κ2) is 10.1. The third-order valence-electron chi connectivity index (χ3n) is 4.52. The Kier molecular flexibility index (Phi) is 7.28. The molecule has 2 aromatic carbocycles. The topological polar surface area (TPSA) is 38.7 Å². The Balaban J connectivity index is 1.70. The zero-order valence-electron chi connectivity index (χ0n) is 15.7. The van der Waals surface area contributed by atoms with Crippen LogP contribution in [0.5, 0.6) is 0 Å². The molecule has 0 aromatic heterocycles. The monoisotopic (exact) mass is 379 g/mol. The molecule has 0 radical (unpaired) electrons. The van der Waals surface area contributed by atoms with Crippen molar-refractivity contribution in [1.82, 2.24) is 0 Å². The minimum atomic E-state index is -0.388. The summed E-state index contributed by atoms with van der Waals surface area (Å²) in [7, 11) is 0. The van der Waals surface area contributed by atoms with Gasteiger partial charge in [0, 0.05) is 16.7 Å². The third kappa shape index (κ3) is 6.40. The van der Waals surface area contributed by atoms with Gasteiger partial charge in [0.25, 0.3) is 0 Å². The Hall–Kier alpha value is -2.33. The van der Waals surface area contributed by atoms with Crippen LogP contribution in [0.1, 0.15) is 51.0 Å². The lowest BCUT2D eigenvalue weighted by Crippen LogP contribution is -2.05. The van der Waals surface area contributed by atoms with Gasteiger partial charge in [-0.15, -0.1) is 0 Å². The third-order valence-corrected chi connectivity index (χ3v) is 5.53. The van der Waals surface area contributed by atoms with Gasteiger partial charge in [0.05, 0.1) is 5.71 Å². The van der Waals surface area contributed by atoms with Crippen molar-refractivity contribution in [2.24, 2.45) is 5.16 Å². The summed E-state index contributed by atoms with van der Waals surface area (Å²) < 4.78 is 0. The van der Waals surface area contributed by atoms with Crippen LogP contribution in [0.3, 0.4) is 0 Å². The molecule has 0 saturated heterocycles. The average molecular weight is 380 g/mol. The molecule has 0 atom stereocenters. The van der Waals surface area contributed by atoms with E-state index in [1.54, 1.807) is 11.8 Å². The van der Waals surface area contributed by atoms with Crippen molar-refractivity contribution < 1.29 is 9.63 Å². The zero-order valence-corrected chi connectivity index (χ0v) is 16.5. The van der Waals surface area contributed by atoms with Gasteiger partial charge in [-0.3, -0.25) is 0 Å². The number of benzene rings is 2. The molecule has 27 heavy (non-hydrogen) atoms. The van der Waals surface area contributed by atoms with Crippen molar-refractivity contribution in [3.05, 3.63) is 71.8 Å². The van der Waals surface area contributed by atoms with Gasteiger partial charge >= 0.3 is 5.97 Å². The first-order chi connectivity index (χ1) is 13.2. The van der Waals surface area contributed by atoms with Crippen molar-refractivity contribution in [1.29, 1.82) is 0 Å². The Labute approximate surface area is 165 Å². The molecular weight excluding hydrogens is 354 g/mol. The molecule has 4 heteroatoms. The highest BCUT2D eigenvalue weighted by Crippen LogP contribution is 2.28. The smallest absolute Gasteiger partial charge is 0.318 e. The highest BCUT2D eigenvalue weighted by Gasteiger charge is 2.10. The van der Waals surface area contributed by atoms with E-state index >= 15 is 0 Å². The van der Waals surface area contributed by atoms with Gasteiger partial charge in [0.2, 0.25) is 0 Å². The number of oxime groups is 1. The molecule has 0 fully saturated rings. The molecule has 2 aromatic rings. The fourth-order valence-corrected chi connectivity index (χ4v) is 3.95. The predicted molar refractivity (Wildman–Crippen MR) is 111 cm³/mol. The molecule has 0 spiro atoms. The van der Waals surface area contributed by atoms with Crippen molar-refractivity contribution in [3.63, 3.8) is 0 Å². The molecule has 0 unspecified atom stereocenters. The van der Waals surface area contributed by atoms with Crippen molar-refractivity contribution in [2.45, 2.75) is 55.2 Å². The molecular formula is C23H25NO2S. The lowest BCUT2D eigenvalue weighted by atomic mass is 9.94. The normalized spacial score (nSPS) is 14.6. The minimum absolute atomic E-state index is 0.388. The number of hydrogen-bond acceptors (Lipinski definition) is 4. The fraction of sp³-hybridized carbons (Fsp3) is 0.304. The van der Waals surface area contributed by atoms with E-state index in [1.165, 1.54) is 48.0 Å². The van der Waals surface area contributed by atoms with E-state index in [4.69, 9.17) is 4.84 Å². The maximum atomic E-state index is 11.2. The first-order valence-electron chi connectivity index (χ1n) is 9.46. The first kappa shape index (κ1) is 19.4. The summed E-state index contributed by atoms with van der Waals surface area (Å²) in [4.78, 5) is 18.5. The largest absolute Gasteiger partial charge is 0.331 e. The summed E-state index contributed by atoms with van der Waals surface area (Å²) in [5.41, 5.74) is 3.33. The first-order valence-corrected chi connectivity index (χ1v) is 10.3. The quantitative estimate of drug-likeness (QED) is 0.242. The van der Waals surface area contributed by atoms with Crippen LogP contribution in [0.4, 0.5) is 0 Å². The highest BCUT2D eigenvalue weighted by molar-refractivity contribution is 7.99. The molecule has 0 amide bonds. The van der Waals surface area contributed by atoms with Crippen LogP contribution >= 0.6 is 11.8 Å². The van der Waals surface area contributed by atoms with Crippen LogP contribution in [-0.2, 0) is 9.63 Å². The summed E-state index contributed by atoms with van der Waals surface area (Å²) in [6.07, 6.45) is 9.02. The van der Waals surface area contributed by atoms with E-state index in [-0.39, 0.29) is 5.97 Å². The van der Waals surface area contributed by atoms with Gasteiger partial charge in [-0.05, 0) is 68.4 Å². The van der Waals surface area contributed by atoms with E-state index < -0.39 is 0 Å². The lowest BCUT2D eigenvalue weighted by molar-refractivity contribution is -0.140. The highest BCUT2D eigenvalue weighted by atomic mass is 32.2. The van der Waals surface area contributed by atoms with Crippen LogP contribution < -0.4 is 0 Å². The Morgan fingerprint density at radius 2 is 1.78 bits per heavy atom. The van der Waals surface area contributed by atoms with Gasteiger partial charge in [0.1, 0.15) is 0 Å². The predicted octanol–water partition coefficient (Wildman–Crippen LogP) is 6.39. The van der Waals surface area contributed by atoms with Crippen LogP contribution in [0, 0.1) is 0 Å². The minimum Gasteiger partial charge on any atom is -0.318 e. The Morgan fingerprint density at radius 3 is 2.44 bits per heavy atom. The molecule has 0 bridgehead atoms. The maximum absolute atomic E-state index is 11.2. The van der Waals surface area contributed by atoms with Crippen LogP contribution in [0.2, 0.25) is 0 Å². The van der Waals surface area contributed by atoms with E-state index in [0.29, 0.717) is 0 Å². The second-order valence-electron chi connectivity index (χ2n) is 6.67. The van der Waals surface area contributed by atoms with E-state index in [0.717, 1.165) is 24.1 Å². The summed E-state index contributed by atoms with van der Waals surface area (Å²) in [5, 5.41) is 4.12. The van der Waals surface area contributed by atoms with E-state index in [9.17, 15) is 4.79 Å². The SMILES string of the molecule is CC(=O)O/N=C(\CCC1=CCCCC1)c1ccc(Sc2ccccc2)cc1. The number of carbonyl (C=O) groups is 1. The lowest BCUT2D eigenvalue weighted by Gasteiger charge is -2.13. The van der Waals surface area contributed by atoms with Crippen LogP contribution in [-0.4, -0.2) is 11.7 Å². The number of rotatable bonds is 7. The molecule has 0 N–H and O–H groups in total. The molecule has 3 rings (SSSR count). The van der Waals surface area contributed by atoms with Crippen LogP contribution in [0.15, 0.2) is 81.2 Å². The fourth-order valence-electron chi connectivity index (χ4n) is 3.11. The summed E-state index contributed by atoms with van der Waals surface area (Å²) in [6.45, 7) is 1.38. The van der Waals surface area contributed by atoms with Gasteiger partial charge in [-0.25, -0.2) is 4.79 Å². The van der Waals surface area contributed by atoms with Crippen LogP contribution in [0.25, 0.3) is 0 Å². The van der Waals surface area contributed by atoms with Crippen molar-refractivity contribution in [3.8, 4) is 0 Å². The number of hydrogen-bond donors (Lipinski definition) is 0. The summed E-state index contributed by atoms with van der Waals surface area (Å²) in [6, 6.07) is 18.6. The molecule has 0 saturated carbocycles. The van der Waals surface area contributed by atoms with Gasteiger partial charge in [-0.1, -0.05) is 58.9 Å². The van der Waals surface area contributed by atoms with E-state index in [1.807, 2.05) is 18.2 Å². The van der Waals surface area contributed by atoms with Crippen molar-refractivity contribution in [2.75, 3.05) is 0 Å². The second-order valence-corrected chi connectivity index (χ2v) is 7.82. The average Bonchev–Trinajstić information content (AvgIpc) is 2.70. The molecule has 3 nitrogen and oxygen atoms in total. The van der Waals surface area contributed by atoms with Gasteiger partial charge in [-0.2, -0.15) is 0 Å². The Morgan fingerprint density at radius 1 is 1.04 bits per heavy atom. The molecule has 0 aliphatic heterocycles. The standard InChI is InChI=1S/C23H25NO2S/c1-18(25)26-24-23(17-12-19-8-4-2-5-9-19)20-13-15-22(16-14-20)27-21-10-6-3-7-11-21/h3,6-8,10-11,13-16H,2,4-5,9,12,17H2,1H3/b24-23+. The molecule has 0 heterocycles. The Bertz CT molecular complexity index is 810. The zero-order chi connectivity index (χ0) is 18.9. The van der Waals surface area contributed by atoms with Crippen molar-refractivity contribution >= 4 is 23.4 Å². The van der Waals surface area contributed by atoms with E-state index in [2.05, 4.69) is 47.6 Å². The van der Waals surface area contributed by atoms with Gasteiger partial charge in [0.15, 0.2) is 0 Å². The number of allylic oxidation sites excluding steroid dienone is 2.